The second kappa shape index (κ2) is 6.17. The van der Waals surface area contributed by atoms with Gasteiger partial charge >= 0.3 is 5.97 Å². The van der Waals surface area contributed by atoms with Crippen molar-refractivity contribution in [2.45, 2.75) is 20.8 Å². The van der Waals surface area contributed by atoms with E-state index in [1.54, 1.807) is 13.8 Å². The summed E-state index contributed by atoms with van der Waals surface area (Å²) in [5.41, 5.74) is 0.190. The first-order chi connectivity index (χ1) is 9.93. The van der Waals surface area contributed by atoms with Gasteiger partial charge < -0.3 is 10.1 Å². The molecule has 7 heteroatoms. The van der Waals surface area contributed by atoms with E-state index >= 15 is 0 Å². The highest BCUT2D eigenvalue weighted by molar-refractivity contribution is 7.15. The summed E-state index contributed by atoms with van der Waals surface area (Å²) < 4.78 is 32.5. The number of halogens is 2. The summed E-state index contributed by atoms with van der Waals surface area (Å²) in [4.78, 5) is 16.3. The molecule has 0 spiro atoms. The normalized spacial score (nSPS) is 10.5. The van der Waals surface area contributed by atoms with E-state index < -0.39 is 17.6 Å². The minimum atomic E-state index is -0.719. The molecule has 112 valence electrons. The summed E-state index contributed by atoms with van der Waals surface area (Å²) >= 11 is 1.13. The number of benzene rings is 1. The third kappa shape index (κ3) is 3.18. The van der Waals surface area contributed by atoms with Gasteiger partial charge in [-0.1, -0.05) is 6.07 Å². The SMILES string of the molecule is CCOC(=O)c1nc(Nc2c(F)ccc(C)c2F)sc1C. The van der Waals surface area contributed by atoms with Crippen LogP contribution in [0.5, 0.6) is 0 Å². The van der Waals surface area contributed by atoms with E-state index in [0.29, 0.717) is 10.4 Å². The number of ether oxygens (including phenoxy) is 1. The molecule has 0 radical (unpaired) electrons. The van der Waals surface area contributed by atoms with Crippen molar-refractivity contribution in [2.24, 2.45) is 0 Å². The smallest absolute Gasteiger partial charge is 0.358 e. The highest BCUT2D eigenvalue weighted by atomic mass is 32.1. The lowest BCUT2D eigenvalue weighted by Crippen LogP contribution is -2.07. The minimum Gasteiger partial charge on any atom is -0.461 e. The highest BCUT2D eigenvalue weighted by Crippen LogP contribution is 2.29. The standard InChI is InChI=1S/C14H14F2N2O2S/c1-4-20-13(19)11-8(3)21-14(17-11)18-12-9(15)6-5-7(2)10(12)16/h5-6H,4H2,1-3H3,(H,17,18). The van der Waals surface area contributed by atoms with Crippen LogP contribution in [0.25, 0.3) is 0 Å². The molecule has 2 aromatic rings. The lowest BCUT2D eigenvalue weighted by Gasteiger charge is -2.07. The number of hydrogen-bond donors (Lipinski definition) is 1. The number of aryl methyl sites for hydroxylation is 2. The molecular formula is C14H14F2N2O2S. The van der Waals surface area contributed by atoms with E-state index in [9.17, 15) is 13.6 Å². The van der Waals surface area contributed by atoms with E-state index in [0.717, 1.165) is 11.3 Å². The van der Waals surface area contributed by atoms with Crippen LogP contribution in [0.1, 0.15) is 27.9 Å². The molecule has 0 aliphatic rings. The summed E-state index contributed by atoms with van der Waals surface area (Å²) in [6.07, 6.45) is 0. The number of carbonyl (C=O) groups is 1. The Balaban J connectivity index is 2.31. The zero-order valence-corrected chi connectivity index (χ0v) is 12.6. The van der Waals surface area contributed by atoms with E-state index in [2.05, 4.69) is 10.3 Å². The summed E-state index contributed by atoms with van der Waals surface area (Å²) in [6.45, 7) is 5.16. The summed E-state index contributed by atoms with van der Waals surface area (Å²) in [5.74, 6) is -1.95. The molecule has 1 N–H and O–H groups in total. The first-order valence-corrected chi connectivity index (χ1v) is 7.11. The maximum Gasteiger partial charge on any atom is 0.358 e. The molecular weight excluding hydrogens is 298 g/mol. The number of nitrogens with one attached hydrogen (secondary N) is 1. The molecule has 0 fully saturated rings. The lowest BCUT2D eigenvalue weighted by atomic mass is 10.2. The molecule has 0 saturated heterocycles. The predicted molar refractivity (Wildman–Crippen MR) is 77.2 cm³/mol. The quantitative estimate of drug-likeness (QED) is 0.868. The Labute approximate surface area is 124 Å². The van der Waals surface area contributed by atoms with Crippen LogP contribution in [0, 0.1) is 25.5 Å². The van der Waals surface area contributed by atoms with Gasteiger partial charge in [0, 0.05) is 4.88 Å². The van der Waals surface area contributed by atoms with Crippen molar-refractivity contribution in [1.29, 1.82) is 0 Å². The van der Waals surface area contributed by atoms with Crippen molar-refractivity contribution >= 4 is 28.1 Å². The first-order valence-electron chi connectivity index (χ1n) is 6.30. The Bertz CT molecular complexity index is 686. The van der Waals surface area contributed by atoms with Crippen molar-refractivity contribution in [2.75, 3.05) is 11.9 Å². The van der Waals surface area contributed by atoms with E-state index in [1.807, 2.05) is 0 Å². The zero-order chi connectivity index (χ0) is 15.6. The first kappa shape index (κ1) is 15.4. The number of rotatable bonds is 4. The van der Waals surface area contributed by atoms with Crippen LogP contribution in [-0.2, 0) is 4.74 Å². The molecule has 0 bridgehead atoms. The molecule has 0 aliphatic carbocycles. The zero-order valence-electron chi connectivity index (χ0n) is 11.8. The van der Waals surface area contributed by atoms with Gasteiger partial charge in [0.15, 0.2) is 16.6 Å². The van der Waals surface area contributed by atoms with E-state index in [-0.39, 0.29) is 23.1 Å². The third-order valence-corrected chi connectivity index (χ3v) is 3.67. The van der Waals surface area contributed by atoms with Gasteiger partial charge in [-0.2, -0.15) is 0 Å². The van der Waals surface area contributed by atoms with Gasteiger partial charge in [-0.3, -0.25) is 0 Å². The molecule has 1 aromatic heterocycles. The van der Waals surface area contributed by atoms with Crippen LogP contribution < -0.4 is 5.32 Å². The number of aromatic nitrogens is 1. The molecule has 0 amide bonds. The predicted octanol–water partition coefficient (Wildman–Crippen LogP) is 3.96. The van der Waals surface area contributed by atoms with E-state index in [1.165, 1.54) is 19.1 Å². The van der Waals surface area contributed by atoms with Crippen LogP contribution in [-0.4, -0.2) is 17.6 Å². The maximum absolute atomic E-state index is 13.9. The molecule has 0 unspecified atom stereocenters. The highest BCUT2D eigenvalue weighted by Gasteiger charge is 2.18. The Morgan fingerprint density at radius 2 is 2.10 bits per heavy atom. The van der Waals surface area contributed by atoms with Gasteiger partial charge in [0.2, 0.25) is 0 Å². The molecule has 21 heavy (non-hydrogen) atoms. The second-order valence-electron chi connectivity index (χ2n) is 4.32. The second-order valence-corrected chi connectivity index (χ2v) is 5.53. The fraction of sp³-hybridized carbons (Fsp3) is 0.286. The number of esters is 1. The number of thiazole rings is 1. The number of hydrogen-bond acceptors (Lipinski definition) is 5. The molecule has 1 aromatic carbocycles. The van der Waals surface area contributed by atoms with Crippen LogP contribution in [0.2, 0.25) is 0 Å². The summed E-state index contributed by atoms with van der Waals surface area (Å²) in [7, 11) is 0. The van der Waals surface area contributed by atoms with E-state index in [4.69, 9.17) is 4.74 Å². The largest absolute Gasteiger partial charge is 0.461 e. The molecule has 0 atom stereocenters. The Kier molecular flexibility index (Phi) is 4.52. The molecule has 2 rings (SSSR count). The third-order valence-electron chi connectivity index (χ3n) is 2.78. The van der Waals surface area contributed by atoms with Gasteiger partial charge in [-0.05, 0) is 32.4 Å². The lowest BCUT2D eigenvalue weighted by molar-refractivity contribution is 0.0519. The molecule has 1 heterocycles. The monoisotopic (exact) mass is 312 g/mol. The van der Waals surface area contributed by atoms with Crippen LogP contribution >= 0.6 is 11.3 Å². The Hall–Kier alpha value is -2.02. The number of carbonyl (C=O) groups excluding carboxylic acids is 1. The molecule has 0 saturated carbocycles. The van der Waals surface area contributed by atoms with Gasteiger partial charge in [-0.15, -0.1) is 11.3 Å². The summed E-state index contributed by atoms with van der Waals surface area (Å²) in [6, 6.07) is 2.53. The summed E-state index contributed by atoms with van der Waals surface area (Å²) in [5, 5.41) is 2.82. The van der Waals surface area contributed by atoms with Crippen molar-refractivity contribution in [1.82, 2.24) is 4.98 Å². The maximum atomic E-state index is 13.9. The van der Waals surface area contributed by atoms with Gasteiger partial charge in [0.1, 0.15) is 11.5 Å². The molecule has 0 aliphatic heterocycles. The average molecular weight is 312 g/mol. The Morgan fingerprint density at radius 3 is 2.76 bits per heavy atom. The fourth-order valence-corrected chi connectivity index (χ4v) is 2.52. The van der Waals surface area contributed by atoms with Gasteiger partial charge in [0.25, 0.3) is 0 Å². The Morgan fingerprint density at radius 1 is 1.38 bits per heavy atom. The van der Waals surface area contributed by atoms with Crippen LogP contribution in [0.15, 0.2) is 12.1 Å². The van der Waals surface area contributed by atoms with Gasteiger partial charge in [0.05, 0.1) is 6.61 Å². The van der Waals surface area contributed by atoms with Crippen molar-refractivity contribution in [3.05, 3.63) is 39.9 Å². The fourth-order valence-electron chi connectivity index (χ4n) is 1.72. The van der Waals surface area contributed by atoms with Crippen molar-refractivity contribution in [3.8, 4) is 0 Å². The average Bonchev–Trinajstić information content (AvgIpc) is 2.80. The van der Waals surface area contributed by atoms with Crippen molar-refractivity contribution < 1.29 is 18.3 Å². The molecule has 4 nitrogen and oxygen atoms in total. The van der Waals surface area contributed by atoms with Crippen LogP contribution in [0.4, 0.5) is 19.6 Å². The van der Waals surface area contributed by atoms with Crippen molar-refractivity contribution in [3.63, 3.8) is 0 Å². The van der Waals surface area contributed by atoms with Gasteiger partial charge in [-0.25, -0.2) is 18.6 Å². The number of anilines is 2. The minimum absolute atomic E-state index is 0.151. The topological polar surface area (TPSA) is 51.2 Å². The van der Waals surface area contributed by atoms with Crippen LogP contribution in [0.3, 0.4) is 0 Å². The number of nitrogens with zero attached hydrogens (tertiary/aromatic N) is 1.